The molecule has 1 aliphatic heterocycles. The Morgan fingerprint density at radius 2 is 1.70 bits per heavy atom. The third kappa shape index (κ3) is 3.51. The van der Waals surface area contributed by atoms with Gasteiger partial charge in [0, 0.05) is 13.1 Å². The summed E-state index contributed by atoms with van der Waals surface area (Å²) in [6, 6.07) is -1.09. The Hall–Kier alpha value is -0.660. The van der Waals surface area contributed by atoms with Crippen molar-refractivity contribution in [1.29, 1.82) is 0 Å². The Balaban J connectivity index is 1.94. The van der Waals surface area contributed by atoms with Gasteiger partial charge in [-0.15, -0.1) is 0 Å². The van der Waals surface area contributed by atoms with Crippen molar-refractivity contribution < 1.29 is 18.3 Å². The van der Waals surface area contributed by atoms with Gasteiger partial charge in [0.1, 0.15) is 6.04 Å². The fourth-order valence-electron chi connectivity index (χ4n) is 3.35. The van der Waals surface area contributed by atoms with Crippen molar-refractivity contribution in [2.24, 2.45) is 5.41 Å². The number of nitrogens with zero attached hydrogens (tertiary/aromatic N) is 1. The molecule has 0 aromatic rings. The van der Waals surface area contributed by atoms with Crippen molar-refractivity contribution in [2.45, 2.75) is 57.9 Å². The summed E-state index contributed by atoms with van der Waals surface area (Å²) in [5, 5.41) is 8.80. The summed E-state index contributed by atoms with van der Waals surface area (Å²) in [5.41, 5.74) is 0.336. The number of carbonyl (C=O) groups is 1. The molecule has 1 atom stereocenters. The first-order valence-electron chi connectivity index (χ1n) is 7.35. The standard InChI is InChI=1S/C13H24N2O4S/c1-11(12(16)17)14-20(18,19)15-9-7-13(8-10-15)5-3-2-4-6-13/h11,14H,2-10H2,1H3,(H,16,17). The van der Waals surface area contributed by atoms with E-state index in [9.17, 15) is 13.2 Å². The quantitative estimate of drug-likeness (QED) is 0.820. The van der Waals surface area contributed by atoms with Gasteiger partial charge in [-0.1, -0.05) is 19.3 Å². The van der Waals surface area contributed by atoms with Crippen LogP contribution in [0.5, 0.6) is 0 Å². The molecule has 6 nitrogen and oxygen atoms in total. The molecule has 2 fully saturated rings. The zero-order chi connectivity index (χ0) is 14.8. The van der Waals surface area contributed by atoms with Gasteiger partial charge in [0.15, 0.2) is 0 Å². The second kappa shape index (κ2) is 5.99. The summed E-state index contributed by atoms with van der Waals surface area (Å²) in [5.74, 6) is -1.16. The van der Waals surface area contributed by atoms with Crippen molar-refractivity contribution in [3.8, 4) is 0 Å². The van der Waals surface area contributed by atoms with Gasteiger partial charge < -0.3 is 5.11 Å². The van der Waals surface area contributed by atoms with Crippen LogP contribution in [0.4, 0.5) is 0 Å². The minimum Gasteiger partial charge on any atom is -0.480 e. The second-order valence-corrected chi connectivity index (χ2v) is 7.84. The zero-order valence-corrected chi connectivity index (χ0v) is 12.8. The van der Waals surface area contributed by atoms with Crippen molar-refractivity contribution in [1.82, 2.24) is 9.03 Å². The van der Waals surface area contributed by atoms with Crippen molar-refractivity contribution in [2.75, 3.05) is 13.1 Å². The second-order valence-electron chi connectivity index (χ2n) is 6.14. The maximum Gasteiger partial charge on any atom is 0.321 e. The Bertz CT molecular complexity index is 447. The van der Waals surface area contributed by atoms with Crippen LogP contribution in [0.25, 0.3) is 0 Å². The Kier molecular flexibility index (Phi) is 4.71. The van der Waals surface area contributed by atoms with Crippen LogP contribution in [-0.2, 0) is 15.0 Å². The molecule has 20 heavy (non-hydrogen) atoms. The van der Waals surface area contributed by atoms with E-state index >= 15 is 0 Å². The minimum atomic E-state index is -3.68. The van der Waals surface area contributed by atoms with E-state index < -0.39 is 22.2 Å². The van der Waals surface area contributed by atoms with Crippen molar-refractivity contribution in [3.05, 3.63) is 0 Å². The van der Waals surface area contributed by atoms with Crippen molar-refractivity contribution in [3.63, 3.8) is 0 Å². The summed E-state index contributed by atoms with van der Waals surface area (Å²) in [6.45, 7) is 2.34. The number of hydrogen-bond acceptors (Lipinski definition) is 3. The highest BCUT2D eigenvalue weighted by Crippen LogP contribution is 2.44. The number of piperidine rings is 1. The molecule has 116 valence electrons. The third-order valence-electron chi connectivity index (χ3n) is 4.73. The average molecular weight is 304 g/mol. The first kappa shape index (κ1) is 15.7. The lowest BCUT2D eigenvalue weighted by atomic mass is 9.68. The molecule has 1 saturated heterocycles. The zero-order valence-electron chi connectivity index (χ0n) is 12.0. The van der Waals surface area contributed by atoms with E-state index in [1.54, 1.807) is 0 Å². The number of carboxylic acids is 1. The van der Waals surface area contributed by atoms with Crippen LogP contribution in [0.1, 0.15) is 51.9 Å². The summed E-state index contributed by atoms with van der Waals surface area (Å²) in [4.78, 5) is 10.8. The van der Waals surface area contributed by atoms with Crippen LogP contribution in [0.15, 0.2) is 0 Å². The van der Waals surface area contributed by atoms with Crippen LogP contribution in [0.3, 0.4) is 0 Å². The molecule has 0 amide bonds. The van der Waals surface area contributed by atoms with E-state index in [1.807, 2.05) is 0 Å². The molecule has 2 N–H and O–H groups in total. The highest BCUT2D eigenvalue weighted by Gasteiger charge is 2.39. The van der Waals surface area contributed by atoms with Crippen LogP contribution in [-0.4, -0.2) is 42.9 Å². The van der Waals surface area contributed by atoms with Gasteiger partial charge in [0.2, 0.25) is 0 Å². The summed E-state index contributed by atoms with van der Waals surface area (Å²) in [6.07, 6.45) is 8.01. The van der Waals surface area contributed by atoms with Gasteiger partial charge in [-0.25, -0.2) is 0 Å². The summed E-state index contributed by atoms with van der Waals surface area (Å²) >= 11 is 0. The van der Waals surface area contributed by atoms with Gasteiger partial charge >= 0.3 is 5.97 Å². The minimum absolute atomic E-state index is 0.336. The van der Waals surface area contributed by atoms with Crippen molar-refractivity contribution >= 4 is 16.2 Å². The molecule has 0 bridgehead atoms. The molecule has 0 aromatic heterocycles. The number of rotatable bonds is 4. The molecular weight excluding hydrogens is 280 g/mol. The first-order valence-corrected chi connectivity index (χ1v) is 8.79. The summed E-state index contributed by atoms with van der Waals surface area (Å²) < 4.78 is 27.9. The SMILES string of the molecule is CC(NS(=O)(=O)N1CCC2(CCCCC2)CC1)C(=O)O. The van der Waals surface area contributed by atoms with E-state index in [4.69, 9.17) is 5.11 Å². The van der Waals surface area contributed by atoms with E-state index in [1.165, 1.54) is 43.3 Å². The highest BCUT2D eigenvalue weighted by molar-refractivity contribution is 7.87. The smallest absolute Gasteiger partial charge is 0.321 e. The lowest BCUT2D eigenvalue weighted by Gasteiger charge is -2.43. The molecule has 1 unspecified atom stereocenters. The molecule has 2 aliphatic rings. The fourth-order valence-corrected chi connectivity index (χ4v) is 4.71. The highest BCUT2D eigenvalue weighted by atomic mass is 32.2. The summed E-state index contributed by atoms with van der Waals surface area (Å²) in [7, 11) is -3.68. The number of hydrogen-bond donors (Lipinski definition) is 2. The number of nitrogens with one attached hydrogen (secondary N) is 1. The number of aliphatic carboxylic acids is 1. The predicted molar refractivity (Wildman–Crippen MR) is 75.5 cm³/mol. The maximum absolute atomic E-state index is 12.1. The molecule has 1 aliphatic carbocycles. The molecule has 1 spiro atoms. The van der Waals surface area contributed by atoms with Gasteiger partial charge in [-0.3, -0.25) is 4.79 Å². The van der Waals surface area contributed by atoms with Crippen LogP contribution in [0.2, 0.25) is 0 Å². The lowest BCUT2D eigenvalue weighted by Crippen LogP contribution is -2.51. The molecule has 2 rings (SSSR count). The molecule has 7 heteroatoms. The van der Waals surface area contributed by atoms with Crippen LogP contribution < -0.4 is 4.72 Å². The Morgan fingerprint density at radius 3 is 2.20 bits per heavy atom. The molecule has 1 heterocycles. The molecule has 1 saturated carbocycles. The fraction of sp³-hybridized carbons (Fsp3) is 0.923. The molecular formula is C13H24N2O4S. The van der Waals surface area contributed by atoms with Crippen LogP contribution >= 0.6 is 0 Å². The Morgan fingerprint density at radius 1 is 1.15 bits per heavy atom. The normalized spacial score (nSPS) is 25.4. The van der Waals surface area contributed by atoms with Gasteiger partial charge in [-0.2, -0.15) is 17.4 Å². The third-order valence-corrected chi connectivity index (χ3v) is 6.43. The Labute approximate surface area is 120 Å². The first-order chi connectivity index (χ1) is 9.35. The van der Waals surface area contributed by atoms with Gasteiger partial charge in [0.05, 0.1) is 0 Å². The van der Waals surface area contributed by atoms with E-state index in [-0.39, 0.29) is 0 Å². The van der Waals surface area contributed by atoms with E-state index in [0.717, 1.165) is 12.8 Å². The van der Waals surface area contributed by atoms with Gasteiger partial charge in [-0.05, 0) is 38.0 Å². The average Bonchev–Trinajstić information content (AvgIpc) is 2.39. The van der Waals surface area contributed by atoms with E-state index in [2.05, 4.69) is 4.72 Å². The van der Waals surface area contributed by atoms with Crippen LogP contribution in [0, 0.1) is 5.41 Å². The monoisotopic (exact) mass is 304 g/mol. The molecule has 0 aromatic carbocycles. The van der Waals surface area contributed by atoms with E-state index in [0.29, 0.717) is 18.5 Å². The lowest BCUT2D eigenvalue weighted by molar-refractivity contribution is -0.138. The maximum atomic E-state index is 12.1. The molecule has 0 radical (unpaired) electrons. The van der Waals surface area contributed by atoms with Gasteiger partial charge in [0.25, 0.3) is 10.2 Å². The number of carboxylic acid groups (broad SMARTS) is 1. The largest absolute Gasteiger partial charge is 0.480 e. The predicted octanol–water partition coefficient (Wildman–Crippen LogP) is 1.34. The topological polar surface area (TPSA) is 86.7 Å².